The Labute approximate surface area is 209 Å². The van der Waals surface area contributed by atoms with Crippen LogP contribution in [0.2, 0.25) is 5.02 Å². The number of phenolic OH excluding ortho intramolecular Hbond substituents is 1. The van der Waals surface area contributed by atoms with Crippen molar-refractivity contribution in [3.8, 4) is 5.75 Å². The number of benzene rings is 4. The molecule has 0 bridgehead atoms. The van der Waals surface area contributed by atoms with Crippen LogP contribution in [-0.2, 0) is 0 Å². The number of piperidine rings is 1. The quantitative estimate of drug-likeness (QED) is 0.245. The SMILES string of the molecule is O=C(NN=Cc1ccc(N2CCCCC2c2ccccc2)c2ccccc12)c1ccc(O)c(Cl)c1. The van der Waals surface area contributed by atoms with Crippen LogP contribution in [0.4, 0.5) is 5.69 Å². The second-order valence-corrected chi connectivity index (χ2v) is 9.11. The molecular formula is C29H26ClN3O2. The molecule has 1 atom stereocenters. The van der Waals surface area contributed by atoms with Crippen LogP contribution >= 0.6 is 11.6 Å². The number of hydrogen-bond donors (Lipinski definition) is 2. The maximum Gasteiger partial charge on any atom is 0.271 e. The predicted molar refractivity (Wildman–Crippen MR) is 143 cm³/mol. The van der Waals surface area contributed by atoms with E-state index in [1.54, 1.807) is 6.21 Å². The zero-order chi connectivity index (χ0) is 24.2. The molecule has 5 rings (SSSR count). The molecule has 35 heavy (non-hydrogen) atoms. The minimum Gasteiger partial charge on any atom is -0.506 e. The number of hydrazone groups is 1. The van der Waals surface area contributed by atoms with Crippen molar-refractivity contribution < 1.29 is 9.90 Å². The molecular weight excluding hydrogens is 458 g/mol. The number of amides is 1. The van der Waals surface area contributed by atoms with Crippen LogP contribution in [0.1, 0.15) is 46.8 Å². The molecule has 1 aliphatic rings. The molecule has 1 fully saturated rings. The Balaban J connectivity index is 1.43. The molecule has 4 aromatic carbocycles. The highest BCUT2D eigenvalue weighted by atomic mass is 35.5. The van der Waals surface area contributed by atoms with E-state index in [-0.39, 0.29) is 10.8 Å². The van der Waals surface area contributed by atoms with Gasteiger partial charge in [-0.05, 0) is 54.5 Å². The average molecular weight is 484 g/mol. The zero-order valence-electron chi connectivity index (χ0n) is 19.2. The number of rotatable bonds is 5. The lowest BCUT2D eigenvalue weighted by Gasteiger charge is -2.38. The van der Waals surface area contributed by atoms with E-state index >= 15 is 0 Å². The minimum atomic E-state index is -0.400. The Morgan fingerprint density at radius 2 is 1.74 bits per heavy atom. The number of carbonyl (C=O) groups excluding carboxylic acids is 1. The van der Waals surface area contributed by atoms with Gasteiger partial charge >= 0.3 is 0 Å². The number of anilines is 1. The number of hydrogen-bond acceptors (Lipinski definition) is 4. The molecule has 0 saturated carbocycles. The first kappa shape index (κ1) is 22.9. The molecule has 1 amide bonds. The third-order valence-corrected chi connectivity index (χ3v) is 6.81. The van der Waals surface area contributed by atoms with E-state index in [0.29, 0.717) is 11.6 Å². The molecule has 1 heterocycles. The van der Waals surface area contributed by atoms with Crippen LogP contribution in [0.3, 0.4) is 0 Å². The topological polar surface area (TPSA) is 64.9 Å². The third-order valence-electron chi connectivity index (χ3n) is 6.51. The van der Waals surface area contributed by atoms with Gasteiger partial charge in [-0.1, -0.05) is 72.3 Å². The normalized spacial score (nSPS) is 16.0. The molecule has 1 aliphatic heterocycles. The molecule has 0 spiro atoms. The fourth-order valence-electron chi connectivity index (χ4n) is 4.78. The highest BCUT2D eigenvalue weighted by molar-refractivity contribution is 6.32. The van der Waals surface area contributed by atoms with Gasteiger partial charge < -0.3 is 10.0 Å². The fourth-order valence-corrected chi connectivity index (χ4v) is 4.96. The van der Waals surface area contributed by atoms with E-state index in [9.17, 15) is 9.90 Å². The van der Waals surface area contributed by atoms with Crippen LogP contribution in [0.25, 0.3) is 10.8 Å². The number of halogens is 1. The van der Waals surface area contributed by atoms with Crippen molar-refractivity contribution in [1.29, 1.82) is 0 Å². The summed E-state index contributed by atoms with van der Waals surface area (Å²) in [6, 6.07) is 27.9. The van der Waals surface area contributed by atoms with E-state index in [2.05, 4.69) is 76.1 Å². The maximum absolute atomic E-state index is 12.4. The number of carbonyl (C=O) groups is 1. The summed E-state index contributed by atoms with van der Waals surface area (Å²) < 4.78 is 0. The molecule has 0 aliphatic carbocycles. The summed E-state index contributed by atoms with van der Waals surface area (Å²) in [5, 5.41) is 16.1. The van der Waals surface area contributed by atoms with Crippen LogP contribution in [0, 0.1) is 0 Å². The number of fused-ring (bicyclic) bond motifs is 1. The first-order valence-electron chi connectivity index (χ1n) is 11.8. The molecule has 176 valence electrons. The average Bonchev–Trinajstić information content (AvgIpc) is 2.91. The van der Waals surface area contributed by atoms with Gasteiger partial charge in [-0.15, -0.1) is 0 Å². The number of nitrogens with one attached hydrogen (secondary N) is 1. The fraction of sp³-hybridized carbons (Fsp3) is 0.172. The van der Waals surface area contributed by atoms with Crippen molar-refractivity contribution in [1.82, 2.24) is 5.43 Å². The Bertz CT molecular complexity index is 1390. The van der Waals surface area contributed by atoms with Crippen LogP contribution in [0.5, 0.6) is 5.75 Å². The van der Waals surface area contributed by atoms with Crippen LogP contribution in [-0.4, -0.2) is 23.8 Å². The van der Waals surface area contributed by atoms with Crippen molar-refractivity contribution in [2.45, 2.75) is 25.3 Å². The second-order valence-electron chi connectivity index (χ2n) is 8.70. The van der Waals surface area contributed by atoms with Gasteiger partial charge in [0.05, 0.1) is 17.3 Å². The van der Waals surface area contributed by atoms with Crippen molar-refractivity contribution in [2.24, 2.45) is 5.10 Å². The summed E-state index contributed by atoms with van der Waals surface area (Å²) in [6.45, 7) is 1.02. The summed E-state index contributed by atoms with van der Waals surface area (Å²) in [6.07, 6.45) is 5.20. The lowest BCUT2D eigenvalue weighted by Crippen LogP contribution is -2.33. The maximum atomic E-state index is 12.4. The Morgan fingerprint density at radius 3 is 2.54 bits per heavy atom. The highest BCUT2D eigenvalue weighted by Crippen LogP contribution is 2.39. The molecule has 0 radical (unpaired) electrons. The third kappa shape index (κ3) is 4.86. The van der Waals surface area contributed by atoms with Crippen molar-refractivity contribution >= 4 is 40.2 Å². The standard InChI is InChI=1S/C29H26ClN3O2/c30-25-18-21(14-16-28(25)34)29(35)32-31-19-22-13-15-27(24-11-5-4-10-23(22)24)33-17-7-6-12-26(33)20-8-2-1-3-9-20/h1-5,8-11,13-16,18-19,26,34H,6-7,12,17H2,(H,32,35). The van der Waals surface area contributed by atoms with E-state index in [0.717, 1.165) is 29.3 Å². The first-order valence-corrected chi connectivity index (χ1v) is 12.1. The molecule has 5 nitrogen and oxygen atoms in total. The lowest BCUT2D eigenvalue weighted by molar-refractivity contribution is 0.0955. The monoisotopic (exact) mass is 483 g/mol. The van der Waals surface area contributed by atoms with E-state index in [1.165, 1.54) is 42.3 Å². The Morgan fingerprint density at radius 1 is 0.971 bits per heavy atom. The van der Waals surface area contributed by atoms with Crippen molar-refractivity contribution in [3.63, 3.8) is 0 Å². The van der Waals surface area contributed by atoms with Gasteiger partial charge in [-0.3, -0.25) is 4.79 Å². The smallest absolute Gasteiger partial charge is 0.271 e. The predicted octanol–water partition coefficient (Wildman–Crippen LogP) is 6.69. The number of aromatic hydroxyl groups is 1. The van der Waals surface area contributed by atoms with Gasteiger partial charge in [0.25, 0.3) is 5.91 Å². The van der Waals surface area contributed by atoms with Crippen LogP contribution < -0.4 is 10.3 Å². The lowest BCUT2D eigenvalue weighted by atomic mass is 9.93. The van der Waals surface area contributed by atoms with E-state index in [1.807, 2.05) is 6.07 Å². The molecule has 0 aromatic heterocycles. The number of phenols is 1. The summed E-state index contributed by atoms with van der Waals surface area (Å²) in [5.41, 5.74) is 6.35. The van der Waals surface area contributed by atoms with Gasteiger partial charge in [0.1, 0.15) is 5.75 Å². The molecule has 1 unspecified atom stereocenters. The zero-order valence-corrected chi connectivity index (χ0v) is 19.9. The van der Waals surface area contributed by atoms with Crippen molar-refractivity contribution in [2.75, 3.05) is 11.4 Å². The highest BCUT2D eigenvalue weighted by Gasteiger charge is 2.25. The number of nitrogens with zero attached hydrogens (tertiary/aromatic N) is 2. The minimum absolute atomic E-state index is 0.0681. The van der Waals surface area contributed by atoms with Gasteiger partial charge in [0.2, 0.25) is 0 Å². The summed E-state index contributed by atoms with van der Waals surface area (Å²) >= 11 is 5.91. The second kappa shape index (κ2) is 10.2. The summed E-state index contributed by atoms with van der Waals surface area (Å²) in [5.74, 6) is -0.468. The van der Waals surface area contributed by atoms with Gasteiger partial charge in [-0.25, -0.2) is 5.43 Å². The van der Waals surface area contributed by atoms with Crippen LogP contribution in [0.15, 0.2) is 90.0 Å². The molecule has 4 aromatic rings. The van der Waals surface area contributed by atoms with Gasteiger partial charge in [0.15, 0.2) is 0 Å². The Hall–Kier alpha value is -3.83. The molecule has 1 saturated heterocycles. The van der Waals surface area contributed by atoms with Gasteiger partial charge in [0, 0.05) is 28.7 Å². The van der Waals surface area contributed by atoms with Gasteiger partial charge in [-0.2, -0.15) is 5.10 Å². The molecule has 6 heteroatoms. The van der Waals surface area contributed by atoms with Crippen molar-refractivity contribution in [3.05, 3.63) is 107 Å². The van der Waals surface area contributed by atoms with E-state index in [4.69, 9.17) is 11.6 Å². The largest absolute Gasteiger partial charge is 0.506 e. The summed E-state index contributed by atoms with van der Waals surface area (Å²) in [4.78, 5) is 14.9. The van der Waals surface area contributed by atoms with E-state index < -0.39 is 5.91 Å². The Kier molecular flexibility index (Phi) is 6.68. The first-order chi connectivity index (χ1) is 17.1. The molecule has 2 N–H and O–H groups in total. The summed E-state index contributed by atoms with van der Waals surface area (Å²) in [7, 11) is 0.